The van der Waals surface area contributed by atoms with Gasteiger partial charge >= 0.3 is 0 Å². The van der Waals surface area contributed by atoms with Crippen LogP contribution >= 0.6 is 0 Å². The Morgan fingerprint density at radius 1 is 1.06 bits per heavy atom. The maximum Gasteiger partial charge on any atom is 0.217 e. The smallest absolute Gasteiger partial charge is 0.217 e. The van der Waals surface area contributed by atoms with Gasteiger partial charge in [-0.1, -0.05) is 24.3 Å². The second-order valence-corrected chi connectivity index (χ2v) is 3.22. The summed E-state index contributed by atoms with van der Waals surface area (Å²) >= 11 is 0. The molecule has 0 amide bonds. The Bertz CT molecular complexity index is 446. The van der Waals surface area contributed by atoms with Gasteiger partial charge in [-0.05, 0) is 6.07 Å². The van der Waals surface area contributed by atoms with E-state index in [9.17, 15) is 0 Å². The number of ether oxygens (including phenoxy) is 2. The Labute approximate surface area is 94.7 Å². The van der Waals surface area contributed by atoms with E-state index in [1.54, 1.807) is 20.3 Å². The monoisotopic (exact) mass is 214 g/mol. The van der Waals surface area contributed by atoms with Crippen molar-refractivity contribution in [3.63, 3.8) is 0 Å². The molecule has 1 aromatic carbocycles. The molecule has 0 N–H and O–H groups in total. The van der Waals surface area contributed by atoms with E-state index in [0.717, 1.165) is 17.0 Å². The van der Waals surface area contributed by atoms with E-state index in [4.69, 9.17) is 9.47 Å². The summed E-state index contributed by atoms with van der Waals surface area (Å²) in [7, 11) is 3.21. The predicted molar refractivity (Wildman–Crippen MR) is 61.6 cm³/mol. The molecule has 0 spiro atoms. The molecule has 0 bridgehead atoms. The Balaban J connectivity index is 2.48. The zero-order chi connectivity index (χ0) is 11.4. The first-order valence-corrected chi connectivity index (χ1v) is 4.90. The van der Waals surface area contributed by atoms with Crippen molar-refractivity contribution in [1.29, 1.82) is 0 Å². The number of methoxy groups -OCH3 is 2. The quantitative estimate of drug-likeness (QED) is 0.786. The lowest BCUT2D eigenvalue weighted by Gasteiger charge is -2.07. The molecule has 81 valence electrons. The standard InChI is InChI=1S/C13H12NO2/c1-15-11-8-12(14-13(9-11)16-2)10-6-4-3-5-7-10/h4-9H,1-2H3. The summed E-state index contributed by atoms with van der Waals surface area (Å²) < 4.78 is 10.3. The molecule has 0 aliphatic carbocycles. The van der Waals surface area contributed by atoms with E-state index >= 15 is 0 Å². The van der Waals surface area contributed by atoms with Crippen molar-refractivity contribution < 1.29 is 9.47 Å². The van der Waals surface area contributed by atoms with Crippen LogP contribution in [0.3, 0.4) is 0 Å². The molecular formula is C13H12NO2. The van der Waals surface area contributed by atoms with Crippen molar-refractivity contribution in [3.8, 4) is 22.9 Å². The van der Waals surface area contributed by atoms with Crippen molar-refractivity contribution in [3.05, 3.63) is 42.5 Å². The van der Waals surface area contributed by atoms with Gasteiger partial charge in [0.15, 0.2) is 0 Å². The van der Waals surface area contributed by atoms with Gasteiger partial charge < -0.3 is 9.47 Å². The highest BCUT2D eigenvalue weighted by Crippen LogP contribution is 2.25. The zero-order valence-corrected chi connectivity index (χ0v) is 9.23. The largest absolute Gasteiger partial charge is 0.496 e. The van der Waals surface area contributed by atoms with E-state index in [1.807, 2.05) is 30.3 Å². The van der Waals surface area contributed by atoms with Crippen LogP contribution in [0.4, 0.5) is 0 Å². The molecule has 0 fully saturated rings. The van der Waals surface area contributed by atoms with E-state index < -0.39 is 0 Å². The Kier molecular flexibility index (Phi) is 3.05. The van der Waals surface area contributed by atoms with Crippen LogP contribution in [-0.4, -0.2) is 19.2 Å². The van der Waals surface area contributed by atoms with Gasteiger partial charge in [-0.15, -0.1) is 0 Å². The first-order chi connectivity index (χ1) is 7.83. The number of rotatable bonds is 3. The minimum Gasteiger partial charge on any atom is -0.496 e. The molecule has 0 unspecified atom stereocenters. The molecule has 0 atom stereocenters. The van der Waals surface area contributed by atoms with Crippen LogP contribution in [0.15, 0.2) is 36.4 Å². The molecule has 0 aliphatic heterocycles. The van der Waals surface area contributed by atoms with Crippen molar-refractivity contribution in [1.82, 2.24) is 4.98 Å². The molecule has 16 heavy (non-hydrogen) atoms. The zero-order valence-electron chi connectivity index (χ0n) is 9.23. The van der Waals surface area contributed by atoms with Gasteiger partial charge in [-0.3, -0.25) is 0 Å². The molecule has 1 heterocycles. The highest BCUT2D eigenvalue weighted by Gasteiger charge is 2.04. The van der Waals surface area contributed by atoms with E-state index in [1.165, 1.54) is 0 Å². The molecule has 0 saturated heterocycles. The maximum atomic E-state index is 5.19. The number of hydrogen-bond donors (Lipinski definition) is 0. The number of aromatic nitrogens is 1. The fourth-order valence-corrected chi connectivity index (χ4v) is 1.41. The molecule has 0 saturated carbocycles. The normalized spacial score (nSPS) is 9.88. The first-order valence-electron chi connectivity index (χ1n) is 4.90. The molecule has 2 rings (SSSR count). The topological polar surface area (TPSA) is 31.4 Å². The van der Waals surface area contributed by atoms with Gasteiger partial charge in [0.1, 0.15) is 5.75 Å². The molecule has 1 radical (unpaired) electrons. The average molecular weight is 214 g/mol. The second-order valence-electron chi connectivity index (χ2n) is 3.22. The minimum atomic E-state index is 0.544. The summed E-state index contributed by atoms with van der Waals surface area (Å²) in [5, 5.41) is 0. The van der Waals surface area contributed by atoms with Gasteiger partial charge in [-0.2, -0.15) is 0 Å². The second kappa shape index (κ2) is 4.66. The third-order valence-corrected chi connectivity index (χ3v) is 2.23. The lowest BCUT2D eigenvalue weighted by molar-refractivity contribution is 0.383. The molecular weight excluding hydrogens is 202 g/mol. The third-order valence-electron chi connectivity index (χ3n) is 2.23. The summed E-state index contributed by atoms with van der Waals surface area (Å²) in [6.45, 7) is 0. The SMILES string of the molecule is COc1cc(OC)nc(-c2cc[c]cc2)c1. The van der Waals surface area contributed by atoms with E-state index in [-0.39, 0.29) is 0 Å². The average Bonchev–Trinajstić information content (AvgIpc) is 2.39. The van der Waals surface area contributed by atoms with Crippen molar-refractivity contribution >= 4 is 0 Å². The number of benzene rings is 1. The summed E-state index contributed by atoms with van der Waals surface area (Å²) in [5.41, 5.74) is 1.83. The summed E-state index contributed by atoms with van der Waals surface area (Å²) in [6, 6.07) is 14.2. The highest BCUT2D eigenvalue weighted by atomic mass is 16.5. The van der Waals surface area contributed by atoms with Crippen LogP contribution in [0.5, 0.6) is 11.6 Å². The van der Waals surface area contributed by atoms with Gasteiger partial charge in [0.25, 0.3) is 0 Å². The Morgan fingerprint density at radius 3 is 2.44 bits per heavy atom. The third kappa shape index (κ3) is 2.14. The highest BCUT2D eigenvalue weighted by molar-refractivity contribution is 5.61. The maximum absolute atomic E-state index is 5.19. The predicted octanol–water partition coefficient (Wildman–Crippen LogP) is 2.57. The van der Waals surface area contributed by atoms with E-state index in [2.05, 4.69) is 11.1 Å². The van der Waals surface area contributed by atoms with Crippen molar-refractivity contribution in [2.24, 2.45) is 0 Å². The van der Waals surface area contributed by atoms with Gasteiger partial charge in [0, 0.05) is 17.7 Å². The van der Waals surface area contributed by atoms with Gasteiger partial charge in [-0.25, -0.2) is 4.98 Å². The number of pyridine rings is 1. The van der Waals surface area contributed by atoms with Gasteiger partial charge in [0.2, 0.25) is 5.88 Å². The summed E-state index contributed by atoms with van der Waals surface area (Å²) in [6.07, 6.45) is 0. The first kappa shape index (κ1) is 10.5. The van der Waals surface area contributed by atoms with Crippen molar-refractivity contribution in [2.75, 3.05) is 14.2 Å². The molecule has 0 aliphatic rings. The summed E-state index contributed by atoms with van der Waals surface area (Å²) in [4.78, 5) is 4.35. The lowest BCUT2D eigenvalue weighted by Crippen LogP contribution is -1.92. The molecule has 3 heteroatoms. The minimum absolute atomic E-state index is 0.544. The molecule has 3 nitrogen and oxygen atoms in total. The van der Waals surface area contributed by atoms with Crippen LogP contribution in [0, 0.1) is 6.07 Å². The lowest BCUT2D eigenvalue weighted by atomic mass is 10.1. The van der Waals surface area contributed by atoms with Crippen LogP contribution in [0.25, 0.3) is 11.3 Å². The Hall–Kier alpha value is -2.03. The van der Waals surface area contributed by atoms with E-state index in [0.29, 0.717) is 5.88 Å². The Morgan fingerprint density at radius 2 is 1.81 bits per heavy atom. The van der Waals surface area contributed by atoms with Gasteiger partial charge in [0.05, 0.1) is 19.9 Å². The molecule has 1 aromatic heterocycles. The van der Waals surface area contributed by atoms with Crippen LogP contribution in [0.2, 0.25) is 0 Å². The number of hydrogen-bond acceptors (Lipinski definition) is 3. The van der Waals surface area contributed by atoms with Crippen LogP contribution in [-0.2, 0) is 0 Å². The fraction of sp³-hybridized carbons (Fsp3) is 0.154. The van der Waals surface area contributed by atoms with Crippen molar-refractivity contribution in [2.45, 2.75) is 0 Å². The summed E-state index contributed by atoms with van der Waals surface area (Å²) in [5.74, 6) is 1.27. The van der Waals surface area contributed by atoms with Crippen LogP contribution in [0.1, 0.15) is 0 Å². The molecule has 2 aromatic rings. The fourth-order valence-electron chi connectivity index (χ4n) is 1.41. The van der Waals surface area contributed by atoms with Crippen LogP contribution < -0.4 is 9.47 Å². The number of nitrogens with zero attached hydrogens (tertiary/aromatic N) is 1.